The van der Waals surface area contributed by atoms with Gasteiger partial charge in [-0.3, -0.25) is 4.79 Å². The van der Waals surface area contributed by atoms with Gasteiger partial charge < -0.3 is 15.1 Å². The Kier molecular flexibility index (Phi) is 2.38. The molecule has 1 saturated carbocycles. The lowest BCUT2D eigenvalue weighted by molar-refractivity contribution is -0.0958. The van der Waals surface area contributed by atoms with E-state index < -0.39 is 5.60 Å². The lowest BCUT2D eigenvalue weighted by Crippen LogP contribution is -2.64. The van der Waals surface area contributed by atoms with Crippen LogP contribution in [0, 0.1) is 12.8 Å². The van der Waals surface area contributed by atoms with Gasteiger partial charge in [0.25, 0.3) is 5.91 Å². The summed E-state index contributed by atoms with van der Waals surface area (Å²) in [4.78, 5) is 13.7. The Balaban J connectivity index is 1.72. The van der Waals surface area contributed by atoms with Crippen LogP contribution in [0.3, 0.4) is 0 Å². The van der Waals surface area contributed by atoms with Gasteiger partial charge in [0, 0.05) is 0 Å². The molecule has 2 N–H and O–H groups in total. The van der Waals surface area contributed by atoms with Gasteiger partial charge in [-0.2, -0.15) is 0 Å². The van der Waals surface area contributed by atoms with Crippen molar-refractivity contribution in [3.63, 3.8) is 0 Å². The molecule has 0 spiro atoms. The van der Waals surface area contributed by atoms with Crippen LogP contribution in [0.1, 0.15) is 28.8 Å². The van der Waals surface area contributed by atoms with E-state index in [1.165, 1.54) is 0 Å². The van der Waals surface area contributed by atoms with E-state index in [9.17, 15) is 15.0 Å². The zero-order valence-electron chi connectivity index (χ0n) is 10.4. The maximum Gasteiger partial charge on any atom is 0.257 e. The van der Waals surface area contributed by atoms with E-state index in [0.29, 0.717) is 24.6 Å². The number of phenols is 1. The van der Waals surface area contributed by atoms with Gasteiger partial charge in [0.2, 0.25) is 0 Å². The van der Waals surface area contributed by atoms with Crippen molar-refractivity contribution in [1.29, 1.82) is 0 Å². The number of benzene rings is 1. The summed E-state index contributed by atoms with van der Waals surface area (Å²) >= 11 is 0. The minimum Gasteiger partial charge on any atom is -0.507 e. The Morgan fingerprint density at radius 1 is 1.39 bits per heavy atom. The number of carbonyl (C=O) groups is 1. The Morgan fingerprint density at radius 2 is 2.06 bits per heavy atom. The van der Waals surface area contributed by atoms with Crippen LogP contribution in [0.4, 0.5) is 0 Å². The average Bonchev–Trinajstić information content (AvgIpc) is 3.08. The van der Waals surface area contributed by atoms with Crippen molar-refractivity contribution in [2.45, 2.75) is 25.4 Å². The van der Waals surface area contributed by atoms with Crippen LogP contribution < -0.4 is 0 Å². The number of aryl methyl sites for hydroxylation is 1. The highest BCUT2D eigenvalue weighted by molar-refractivity contribution is 5.97. The van der Waals surface area contributed by atoms with Crippen LogP contribution in [0.25, 0.3) is 0 Å². The third kappa shape index (κ3) is 1.77. The number of aromatic hydroxyl groups is 1. The summed E-state index contributed by atoms with van der Waals surface area (Å²) < 4.78 is 0. The smallest absolute Gasteiger partial charge is 0.257 e. The molecule has 4 nitrogen and oxygen atoms in total. The molecule has 1 amide bonds. The summed E-state index contributed by atoms with van der Waals surface area (Å²) in [6, 6.07) is 5.03. The molecule has 2 fully saturated rings. The molecule has 1 saturated heterocycles. The normalized spacial score (nSPS) is 21.6. The van der Waals surface area contributed by atoms with Crippen molar-refractivity contribution < 1.29 is 15.0 Å². The minimum absolute atomic E-state index is 0.0156. The molecular formula is C14H17NO3. The number of hydrogen-bond donors (Lipinski definition) is 2. The molecule has 3 rings (SSSR count). The summed E-state index contributed by atoms with van der Waals surface area (Å²) in [5.74, 6) is 0.188. The third-order valence-electron chi connectivity index (χ3n) is 3.94. The van der Waals surface area contributed by atoms with Crippen molar-refractivity contribution in [2.24, 2.45) is 5.92 Å². The second-order valence-corrected chi connectivity index (χ2v) is 5.56. The first-order chi connectivity index (χ1) is 8.49. The number of hydrogen-bond acceptors (Lipinski definition) is 3. The maximum atomic E-state index is 12.1. The van der Waals surface area contributed by atoms with Crippen molar-refractivity contribution in [1.82, 2.24) is 4.90 Å². The first-order valence-corrected chi connectivity index (χ1v) is 6.31. The maximum absolute atomic E-state index is 12.1. The van der Waals surface area contributed by atoms with Crippen molar-refractivity contribution in [2.75, 3.05) is 13.1 Å². The van der Waals surface area contributed by atoms with E-state index in [1.54, 1.807) is 23.1 Å². The van der Waals surface area contributed by atoms with Gasteiger partial charge in [-0.15, -0.1) is 0 Å². The zero-order valence-corrected chi connectivity index (χ0v) is 10.4. The summed E-state index contributed by atoms with van der Waals surface area (Å²) in [6.07, 6.45) is 2.13. The molecule has 0 atom stereocenters. The van der Waals surface area contributed by atoms with Crippen LogP contribution in [0.2, 0.25) is 0 Å². The lowest BCUT2D eigenvalue weighted by Gasteiger charge is -2.47. The van der Waals surface area contributed by atoms with E-state index in [4.69, 9.17) is 0 Å². The Labute approximate surface area is 106 Å². The molecular weight excluding hydrogens is 230 g/mol. The highest BCUT2D eigenvalue weighted by Crippen LogP contribution is 2.45. The minimum atomic E-state index is -0.671. The Bertz CT molecular complexity index is 502. The van der Waals surface area contributed by atoms with Crippen LogP contribution in [-0.2, 0) is 0 Å². The predicted octanol–water partition coefficient (Wildman–Crippen LogP) is 1.30. The number of β-amino-alcohol motifs (C(OH)–C–C–N with tert-alkyl or cyclic N) is 1. The van der Waals surface area contributed by atoms with Gasteiger partial charge in [-0.25, -0.2) is 0 Å². The number of nitrogens with zero attached hydrogens (tertiary/aromatic N) is 1. The number of amides is 1. The predicted molar refractivity (Wildman–Crippen MR) is 66.4 cm³/mol. The zero-order chi connectivity index (χ0) is 12.9. The monoisotopic (exact) mass is 247 g/mol. The van der Waals surface area contributed by atoms with Gasteiger partial charge in [-0.1, -0.05) is 6.07 Å². The van der Waals surface area contributed by atoms with Gasteiger partial charge >= 0.3 is 0 Å². The Hall–Kier alpha value is -1.55. The van der Waals surface area contributed by atoms with Crippen LogP contribution in [0.15, 0.2) is 18.2 Å². The van der Waals surface area contributed by atoms with Gasteiger partial charge in [0.15, 0.2) is 0 Å². The van der Waals surface area contributed by atoms with E-state index in [0.717, 1.165) is 18.4 Å². The summed E-state index contributed by atoms with van der Waals surface area (Å²) in [7, 11) is 0. The second kappa shape index (κ2) is 3.72. The Morgan fingerprint density at radius 3 is 2.61 bits per heavy atom. The highest BCUT2D eigenvalue weighted by atomic mass is 16.3. The third-order valence-corrected chi connectivity index (χ3v) is 3.94. The molecule has 0 radical (unpaired) electrons. The van der Waals surface area contributed by atoms with E-state index in [1.807, 2.05) is 6.92 Å². The molecule has 1 aliphatic carbocycles. The highest BCUT2D eigenvalue weighted by Gasteiger charge is 2.53. The van der Waals surface area contributed by atoms with E-state index >= 15 is 0 Å². The average molecular weight is 247 g/mol. The summed E-state index contributed by atoms with van der Waals surface area (Å²) in [5.41, 5.74) is 0.566. The molecule has 0 bridgehead atoms. The molecule has 1 aromatic rings. The van der Waals surface area contributed by atoms with Crippen molar-refractivity contribution in [3.8, 4) is 5.75 Å². The fraction of sp³-hybridized carbons (Fsp3) is 0.500. The largest absolute Gasteiger partial charge is 0.507 e. The lowest BCUT2D eigenvalue weighted by atomic mass is 9.88. The number of carbonyl (C=O) groups excluding carboxylic acids is 1. The molecule has 0 aromatic heterocycles. The summed E-state index contributed by atoms with van der Waals surface area (Å²) in [6.45, 7) is 2.65. The van der Waals surface area contributed by atoms with Crippen LogP contribution in [0.5, 0.6) is 5.75 Å². The molecule has 1 aliphatic heterocycles. The number of likely N-dealkylation sites (tertiary alicyclic amines) is 1. The van der Waals surface area contributed by atoms with E-state index in [-0.39, 0.29) is 11.7 Å². The van der Waals surface area contributed by atoms with Crippen molar-refractivity contribution in [3.05, 3.63) is 29.3 Å². The summed E-state index contributed by atoms with van der Waals surface area (Å²) in [5, 5.41) is 19.9. The fourth-order valence-corrected chi connectivity index (χ4v) is 2.63. The molecule has 1 aromatic carbocycles. The molecule has 2 aliphatic rings. The standard InChI is InChI=1S/C14H17NO3/c1-9-2-5-11(12(16)6-9)13(17)15-7-14(18,8-15)10-3-4-10/h2,5-6,10,16,18H,3-4,7-8H2,1H3. The van der Waals surface area contributed by atoms with Crippen molar-refractivity contribution >= 4 is 5.91 Å². The molecule has 0 unspecified atom stereocenters. The van der Waals surface area contributed by atoms with Gasteiger partial charge in [0.05, 0.1) is 18.7 Å². The fourth-order valence-electron chi connectivity index (χ4n) is 2.63. The van der Waals surface area contributed by atoms with Crippen LogP contribution >= 0.6 is 0 Å². The second-order valence-electron chi connectivity index (χ2n) is 5.56. The number of aliphatic hydroxyl groups is 1. The number of rotatable bonds is 2. The molecule has 18 heavy (non-hydrogen) atoms. The topological polar surface area (TPSA) is 60.8 Å². The van der Waals surface area contributed by atoms with Crippen LogP contribution in [-0.4, -0.2) is 39.7 Å². The quantitative estimate of drug-likeness (QED) is 0.828. The first kappa shape index (κ1) is 11.5. The SMILES string of the molecule is Cc1ccc(C(=O)N2CC(O)(C3CC3)C2)c(O)c1. The van der Waals surface area contributed by atoms with E-state index in [2.05, 4.69) is 0 Å². The van der Waals surface area contributed by atoms with Gasteiger partial charge in [-0.05, 0) is 43.4 Å². The molecule has 96 valence electrons. The number of phenolic OH excluding ortho intramolecular Hbond substituents is 1. The molecule has 1 heterocycles. The molecule has 4 heteroatoms. The first-order valence-electron chi connectivity index (χ1n) is 6.31. The van der Waals surface area contributed by atoms with Gasteiger partial charge in [0.1, 0.15) is 11.4 Å².